The van der Waals surface area contributed by atoms with E-state index in [2.05, 4.69) is 20.7 Å². The highest BCUT2D eigenvalue weighted by Crippen LogP contribution is 2.38. The Morgan fingerprint density at radius 1 is 1.11 bits per heavy atom. The molecular weight excluding hydrogens is 475 g/mol. The summed E-state index contributed by atoms with van der Waals surface area (Å²) in [7, 11) is 1.52. The summed E-state index contributed by atoms with van der Waals surface area (Å²) in [6.07, 6.45) is -5.05. The fourth-order valence-electron chi connectivity index (χ4n) is 3.66. The van der Waals surface area contributed by atoms with Gasteiger partial charge in [0.25, 0.3) is 0 Å². The first-order valence-corrected chi connectivity index (χ1v) is 10.4. The van der Waals surface area contributed by atoms with Crippen molar-refractivity contribution in [2.24, 2.45) is 7.05 Å². The van der Waals surface area contributed by atoms with Crippen LogP contribution >= 0.6 is 0 Å². The molecule has 13 heteroatoms. The monoisotopic (exact) mass is 494 g/mol. The second-order valence-corrected chi connectivity index (χ2v) is 8.23. The van der Waals surface area contributed by atoms with E-state index in [9.17, 15) is 27.2 Å². The molecule has 1 fully saturated rings. The van der Waals surface area contributed by atoms with Crippen LogP contribution in [0.2, 0.25) is 0 Å². The lowest BCUT2D eigenvalue weighted by Crippen LogP contribution is -2.53. The summed E-state index contributed by atoms with van der Waals surface area (Å²) in [4.78, 5) is 24.9. The Balaban J connectivity index is 1.55. The van der Waals surface area contributed by atoms with Crippen LogP contribution in [0.5, 0.6) is 0 Å². The number of hydrogen-bond donors (Lipinski definition) is 2. The Bertz CT molecular complexity index is 1300. The molecule has 2 aromatic carbocycles. The molecular formula is C22H19F5N6O2. The fourth-order valence-corrected chi connectivity index (χ4v) is 3.66. The number of hydrogen-bond acceptors (Lipinski definition) is 5. The van der Waals surface area contributed by atoms with Crippen molar-refractivity contribution < 1.29 is 31.5 Å². The van der Waals surface area contributed by atoms with E-state index in [0.29, 0.717) is 11.1 Å². The molecule has 0 saturated heterocycles. The Morgan fingerprint density at radius 3 is 2.40 bits per heavy atom. The number of rotatable bonds is 6. The summed E-state index contributed by atoms with van der Waals surface area (Å²) in [5, 5.41) is 15.7. The van der Waals surface area contributed by atoms with Crippen molar-refractivity contribution in [3.63, 3.8) is 0 Å². The minimum Gasteiger partial charge on any atom is -0.347 e. The molecule has 2 N–H and O–H groups in total. The molecule has 1 aliphatic rings. The third-order valence-electron chi connectivity index (χ3n) is 5.67. The minimum atomic E-state index is -5.12. The van der Waals surface area contributed by atoms with E-state index >= 15 is 4.39 Å². The molecule has 35 heavy (non-hydrogen) atoms. The van der Waals surface area contributed by atoms with Crippen molar-refractivity contribution in [3.05, 3.63) is 53.6 Å². The molecule has 0 spiro atoms. The molecule has 0 radical (unpaired) electrons. The van der Waals surface area contributed by atoms with Gasteiger partial charge in [0.15, 0.2) is 0 Å². The zero-order valence-electron chi connectivity index (χ0n) is 18.5. The Labute approximate surface area is 195 Å². The van der Waals surface area contributed by atoms with Crippen molar-refractivity contribution in [1.82, 2.24) is 30.8 Å². The first-order valence-electron chi connectivity index (χ1n) is 10.4. The van der Waals surface area contributed by atoms with Gasteiger partial charge in [-0.25, -0.2) is 8.78 Å². The van der Waals surface area contributed by atoms with Crippen LogP contribution in [0, 0.1) is 11.6 Å². The van der Waals surface area contributed by atoms with E-state index in [1.807, 2.05) is 0 Å². The van der Waals surface area contributed by atoms with Gasteiger partial charge in [-0.3, -0.25) is 9.59 Å². The van der Waals surface area contributed by atoms with Crippen LogP contribution in [-0.4, -0.2) is 43.7 Å². The van der Waals surface area contributed by atoms with Crippen LogP contribution in [0.1, 0.15) is 31.4 Å². The molecule has 1 heterocycles. The predicted molar refractivity (Wildman–Crippen MR) is 112 cm³/mol. The van der Waals surface area contributed by atoms with Crippen LogP contribution in [0.4, 0.5) is 22.0 Å². The van der Waals surface area contributed by atoms with Gasteiger partial charge in [0.2, 0.25) is 11.7 Å². The van der Waals surface area contributed by atoms with Crippen LogP contribution in [0.25, 0.3) is 22.5 Å². The summed E-state index contributed by atoms with van der Waals surface area (Å²) in [6.45, 7) is 1.45. The van der Waals surface area contributed by atoms with Gasteiger partial charge in [-0.1, -0.05) is 24.3 Å². The first-order chi connectivity index (χ1) is 16.4. The fraction of sp³-hybridized carbons (Fsp3) is 0.318. The van der Waals surface area contributed by atoms with Crippen molar-refractivity contribution >= 4 is 11.8 Å². The molecule has 3 aromatic rings. The topological polar surface area (TPSA) is 102 Å². The van der Waals surface area contributed by atoms with E-state index < -0.39 is 41.2 Å². The smallest absolute Gasteiger partial charge is 0.347 e. The molecule has 8 nitrogen and oxygen atoms in total. The number of carbonyl (C=O) groups is 2. The molecule has 2 amide bonds. The summed E-state index contributed by atoms with van der Waals surface area (Å²) >= 11 is 0. The lowest BCUT2D eigenvalue weighted by Gasteiger charge is -2.22. The maximum Gasteiger partial charge on any atom is 0.471 e. The number of tetrazole rings is 1. The average molecular weight is 494 g/mol. The number of halogens is 5. The number of benzene rings is 2. The lowest BCUT2D eigenvalue weighted by atomic mass is 9.96. The molecule has 4 rings (SSSR count). The molecule has 1 saturated carbocycles. The van der Waals surface area contributed by atoms with Crippen LogP contribution < -0.4 is 10.6 Å². The molecule has 1 unspecified atom stereocenters. The first kappa shape index (κ1) is 24.2. The predicted octanol–water partition coefficient (Wildman–Crippen LogP) is 3.21. The second kappa shape index (κ2) is 8.71. The largest absolute Gasteiger partial charge is 0.471 e. The van der Waals surface area contributed by atoms with Crippen LogP contribution in [0.15, 0.2) is 36.4 Å². The summed E-state index contributed by atoms with van der Waals surface area (Å²) in [5.74, 6) is -4.40. The molecule has 1 aliphatic carbocycles. The molecule has 0 bridgehead atoms. The van der Waals surface area contributed by atoms with E-state index in [4.69, 9.17) is 0 Å². The van der Waals surface area contributed by atoms with Crippen molar-refractivity contribution in [1.29, 1.82) is 0 Å². The highest BCUT2D eigenvalue weighted by Gasteiger charge is 2.55. The third-order valence-corrected chi connectivity index (χ3v) is 5.67. The summed E-state index contributed by atoms with van der Waals surface area (Å²) in [6, 6.07) is 7.33. The number of alkyl halides is 3. The maximum absolute atomic E-state index is 15.0. The SMILES string of the molecule is CC(NC(=O)C1(NC(=O)C(F)(F)F)CC1)c1ccc(-c2cccc(F)c2-c2nnn(C)n2)cc1F. The van der Waals surface area contributed by atoms with Crippen molar-refractivity contribution in [2.45, 2.75) is 37.5 Å². The third kappa shape index (κ3) is 4.84. The summed E-state index contributed by atoms with van der Waals surface area (Å²) in [5.41, 5.74) is -0.965. The number of aryl methyl sites for hydroxylation is 1. The van der Waals surface area contributed by atoms with Gasteiger partial charge in [0.05, 0.1) is 18.7 Å². The van der Waals surface area contributed by atoms with E-state index in [0.717, 1.165) is 10.9 Å². The number of nitrogens with zero attached hydrogens (tertiary/aromatic N) is 4. The normalized spacial score (nSPS) is 15.4. The van der Waals surface area contributed by atoms with E-state index in [1.165, 1.54) is 38.2 Å². The second-order valence-electron chi connectivity index (χ2n) is 8.23. The standard InChI is InChI=1S/C22H19F5N6O2/c1-11(28-19(34)21(8-9-21)29-20(35)22(25,26)27)13-7-6-12(10-16(13)24)14-4-3-5-15(23)17(14)18-30-32-33(2)31-18/h3-7,10-11H,8-9H2,1-2H3,(H,28,34)(H,29,35). The minimum absolute atomic E-state index is 0.0151. The summed E-state index contributed by atoms with van der Waals surface area (Å²) < 4.78 is 67.3. The van der Waals surface area contributed by atoms with Gasteiger partial charge < -0.3 is 10.6 Å². The molecule has 1 aromatic heterocycles. The quantitative estimate of drug-likeness (QED) is 0.513. The van der Waals surface area contributed by atoms with Gasteiger partial charge in [0, 0.05) is 5.56 Å². The Kier molecular flexibility index (Phi) is 6.03. The van der Waals surface area contributed by atoms with Crippen LogP contribution in [0.3, 0.4) is 0 Å². The zero-order valence-corrected chi connectivity index (χ0v) is 18.5. The highest BCUT2D eigenvalue weighted by molar-refractivity contribution is 5.95. The van der Waals surface area contributed by atoms with Crippen LogP contribution in [-0.2, 0) is 16.6 Å². The van der Waals surface area contributed by atoms with Gasteiger partial charge in [-0.05, 0) is 48.2 Å². The van der Waals surface area contributed by atoms with Crippen molar-refractivity contribution in [3.8, 4) is 22.5 Å². The number of carbonyl (C=O) groups excluding carboxylic acids is 2. The molecule has 0 aliphatic heterocycles. The highest BCUT2D eigenvalue weighted by atomic mass is 19.4. The van der Waals surface area contributed by atoms with E-state index in [1.54, 1.807) is 11.4 Å². The van der Waals surface area contributed by atoms with Gasteiger partial charge in [-0.2, -0.15) is 18.0 Å². The number of amides is 2. The average Bonchev–Trinajstić information content (AvgIpc) is 3.44. The van der Waals surface area contributed by atoms with Gasteiger partial charge >= 0.3 is 12.1 Å². The van der Waals surface area contributed by atoms with Crippen molar-refractivity contribution in [2.75, 3.05) is 0 Å². The lowest BCUT2D eigenvalue weighted by molar-refractivity contribution is -0.175. The zero-order chi connectivity index (χ0) is 25.5. The maximum atomic E-state index is 15.0. The van der Waals surface area contributed by atoms with Gasteiger partial charge in [0.1, 0.15) is 17.2 Å². The Morgan fingerprint density at radius 2 is 1.83 bits per heavy atom. The number of nitrogens with one attached hydrogen (secondary N) is 2. The number of aromatic nitrogens is 4. The van der Waals surface area contributed by atoms with Gasteiger partial charge in [-0.15, -0.1) is 10.2 Å². The van der Waals surface area contributed by atoms with E-state index in [-0.39, 0.29) is 29.8 Å². The Hall–Kier alpha value is -3.90. The molecule has 1 atom stereocenters. The molecule has 184 valence electrons.